The lowest BCUT2D eigenvalue weighted by molar-refractivity contribution is -0.241. The normalized spacial score (nSPS) is 15.2. The lowest BCUT2D eigenvalue weighted by Gasteiger charge is -2.38. The molecular weight excluding hydrogens is 1410 g/mol. The van der Waals surface area contributed by atoms with E-state index in [9.17, 15) is 24.6 Å². The van der Waals surface area contributed by atoms with Gasteiger partial charge in [0.05, 0.1) is 59.4 Å². The van der Waals surface area contributed by atoms with E-state index < -0.39 is 72.3 Å². The summed E-state index contributed by atoms with van der Waals surface area (Å²) in [5.41, 5.74) is -0.0225. The summed E-state index contributed by atoms with van der Waals surface area (Å²) >= 11 is 0. The Kier molecular flexibility index (Phi) is 48.3. The van der Waals surface area contributed by atoms with Crippen LogP contribution in [0, 0.1) is 12.8 Å². The number of hydrogen-bond acceptors (Lipinski definition) is 13. The number of aromatic amines is 1. The van der Waals surface area contributed by atoms with Crippen LogP contribution in [-0.2, 0) is 35.8 Å². The molecule has 0 amide bonds. The number of aliphatic hydroxyl groups is 1. The molecule has 16 nitrogen and oxygen atoms in total. The number of aromatic nitrogens is 2. The van der Waals surface area contributed by atoms with Gasteiger partial charge in [-0.1, -0.05) is 364 Å². The number of unbranched alkanes of at least 4 members (excludes halogenated alkanes) is 45. The summed E-state index contributed by atoms with van der Waals surface area (Å²) < 4.78 is 53.0. The van der Waals surface area contributed by atoms with Crippen LogP contribution in [0.25, 0.3) is 0 Å². The maximum atomic E-state index is 15.3. The molecule has 0 saturated carbocycles. The van der Waals surface area contributed by atoms with Crippen molar-refractivity contribution in [2.75, 3.05) is 40.6 Å². The van der Waals surface area contributed by atoms with Crippen LogP contribution in [0.1, 0.15) is 376 Å². The smallest absolute Gasteiger partial charge is 0.330 e. The minimum Gasteiger partial charge on any atom is -0.497 e. The van der Waals surface area contributed by atoms with Gasteiger partial charge in [0.2, 0.25) is 11.5 Å². The first-order valence-corrected chi connectivity index (χ1v) is 45.0. The standard InChI is InChI=1S/C96H150N2O14/c1-7-10-13-16-19-22-25-28-31-34-37-40-43-46-49-55-68-107-86-72-79(73-87(108-69-56-50-47-44-41-38-35-32-29-26-23-20-17-14-11-8-2)91(86)109-70-57-51-48-45-42-39-36-33-30-27-24-21-18-15-12-9-3)71-80(74-90(99)100)93(102)112-95(104)75-89(98-76-78(4)92(101)97-94(98)103)111-88(95)77-110-96(81-58-53-52-54-59-81,82-60-64-84(105-5)65-61-82)83-62-66-85(106-6)67-63-83/h52-54,58-67,72-73,76,80,88-89,104H,7-51,55-57,68-71,74-75,77H2,1-6H3,(H,99,100)(H,97,101,103)/t80?,88-,89-,95-/m1/s1. The summed E-state index contributed by atoms with van der Waals surface area (Å²) in [5.74, 6) is -3.51. The number of ether oxygens (including phenoxy) is 8. The van der Waals surface area contributed by atoms with Crippen LogP contribution < -0.4 is 34.9 Å². The van der Waals surface area contributed by atoms with E-state index in [1.165, 1.54) is 257 Å². The number of benzene rings is 4. The van der Waals surface area contributed by atoms with Gasteiger partial charge < -0.3 is 48.1 Å². The molecule has 0 bridgehead atoms. The maximum Gasteiger partial charge on any atom is 0.330 e. The van der Waals surface area contributed by atoms with E-state index >= 15 is 4.79 Å². The van der Waals surface area contributed by atoms with Crippen molar-refractivity contribution in [2.24, 2.45) is 5.92 Å². The van der Waals surface area contributed by atoms with Gasteiger partial charge in [-0.15, -0.1) is 0 Å². The first-order chi connectivity index (χ1) is 54.8. The number of methoxy groups -OCH3 is 2. The summed E-state index contributed by atoms with van der Waals surface area (Å²) in [6.07, 6.45) is 57.7. The predicted molar refractivity (Wildman–Crippen MR) is 455 cm³/mol. The van der Waals surface area contributed by atoms with Crippen LogP contribution in [0.2, 0.25) is 0 Å². The molecule has 1 unspecified atom stereocenters. The highest BCUT2D eigenvalue weighted by molar-refractivity contribution is 5.80. The average Bonchev–Trinajstić information content (AvgIpc) is 1.17. The molecule has 112 heavy (non-hydrogen) atoms. The fraction of sp³-hybridized carbons (Fsp3) is 0.688. The van der Waals surface area contributed by atoms with Gasteiger partial charge in [-0.3, -0.25) is 23.9 Å². The van der Waals surface area contributed by atoms with Gasteiger partial charge in [0.1, 0.15) is 29.4 Å². The third-order valence-electron chi connectivity index (χ3n) is 22.7. The minimum atomic E-state index is -2.54. The minimum absolute atomic E-state index is 0.137. The topological polar surface area (TPSA) is 203 Å². The van der Waals surface area contributed by atoms with Crippen molar-refractivity contribution in [3.63, 3.8) is 0 Å². The Balaban J connectivity index is 1.24. The third kappa shape index (κ3) is 35.6. The van der Waals surface area contributed by atoms with Crippen LogP contribution in [0.5, 0.6) is 28.7 Å². The van der Waals surface area contributed by atoms with E-state index in [4.69, 9.17) is 37.9 Å². The van der Waals surface area contributed by atoms with Crippen LogP contribution in [0.15, 0.2) is 107 Å². The highest BCUT2D eigenvalue weighted by Crippen LogP contribution is 2.46. The number of aliphatic carboxylic acids is 1. The molecule has 1 aliphatic heterocycles. The van der Waals surface area contributed by atoms with E-state index in [0.29, 0.717) is 70.8 Å². The van der Waals surface area contributed by atoms with Crippen molar-refractivity contribution in [3.05, 3.63) is 146 Å². The molecule has 1 aliphatic rings. The number of aryl methyl sites for hydroxylation is 1. The van der Waals surface area contributed by atoms with Crippen molar-refractivity contribution < 1.29 is 57.7 Å². The molecule has 0 spiro atoms. The second-order valence-electron chi connectivity index (χ2n) is 32.2. The molecule has 0 radical (unpaired) electrons. The number of carbonyl (C=O) groups is 2. The lowest BCUT2D eigenvalue weighted by atomic mass is 9.80. The second kappa shape index (κ2) is 57.4. The monoisotopic (exact) mass is 1560 g/mol. The summed E-state index contributed by atoms with van der Waals surface area (Å²) in [4.78, 5) is 57.3. The fourth-order valence-corrected chi connectivity index (χ4v) is 15.8. The van der Waals surface area contributed by atoms with Gasteiger partial charge in [0, 0.05) is 11.8 Å². The number of rotatable bonds is 69. The van der Waals surface area contributed by atoms with E-state index in [0.717, 1.165) is 62.4 Å². The number of H-pyrrole nitrogens is 1. The Bertz CT molecular complexity index is 3260. The number of nitrogens with one attached hydrogen (secondary N) is 1. The van der Waals surface area contributed by atoms with Crippen LogP contribution in [-0.4, -0.2) is 84.2 Å². The Morgan fingerprint density at radius 3 is 1.21 bits per heavy atom. The average molecular weight is 1560 g/mol. The summed E-state index contributed by atoms with van der Waals surface area (Å²) in [6.45, 7) is 9.23. The Morgan fingerprint density at radius 1 is 0.500 bits per heavy atom. The molecule has 1 fully saturated rings. The second-order valence-corrected chi connectivity index (χ2v) is 32.2. The van der Waals surface area contributed by atoms with Crippen molar-refractivity contribution >= 4 is 11.9 Å². The highest BCUT2D eigenvalue weighted by atomic mass is 16.7. The molecule has 6 rings (SSSR count). The molecule has 5 aromatic rings. The lowest BCUT2D eigenvalue weighted by Crippen LogP contribution is -2.48. The molecule has 628 valence electrons. The van der Waals surface area contributed by atoms with E-state index in [2.05, 4.69) is 25.8 Å². The number of hydrogen-bond donors (Lipinski definition) is 3. The largest absolute Gasteiger partial charge is 0.497 e. The molecule has 16 heteroatoms. The van der Waals surface area contributed by atoms with Gasteiger partial charge in [0.15, 0.2) is 11.5 Å². The number of carbonyl (C=O) groups excluding carboxylic acids is 1. The fourth-order valence-electron chi connectivity index (χ4n) is 15.8. The third-order valence-corrected chi connectivity index (χ3v) is 22.7. The summed E-state index contributed by atoms with van der Waals surface area (Å²) in [5, 5.41) is 23.9. The zero-order valence-electron chi connectivity index (χ0n) is 70.6. The predicted octanol–water partition coefficient (Wildman–Crippen LogP) is 24.6. The Labute approximate surface area is 675 Å². The van der Waals surface area contributed by atoms with E-state index in [1.54, 1.807) is 21.1 Å². The molecule has 2 heterocycles. The quantitative estimate of drug-likeness (QED) is 0.0143. The van der Waals surface area contributed by atoms with Gasteiger partial charge in [-0.2, -0.15) is 0 Å². The molecule has 4 atom stereocenters. The maximum absolute atomic E-state index is 15.3. The van der Waals surface area contributed by atoms with Gasteiger partial charge in [0.25, 0.3) is 5.56 Å². The molecule has 3 N–H and O–H groups in total. The first kappa shape index (κ1) is 94.2. The molecule has 4 aromatic carbocycles. The first-order valence-electron chi connectivity index (χ1n) is 45.0. The zero-order valence-corrected chi connectivity index (χ0v) is 70.6. The van der Waals surface area contributed by atoms with Gasteiger partial charge in [-0.05, 0) is 91.3 Å². The number of carboxylic acid groups (broad SMARTS) is 1. The number of esters is 1. The van der Waals surface area contributed by atoms with E-state index in [-0.39, 0.29) is 12.0 Å². The van der Waals surface area contributed by atoms with E-state index in [1.807, 2.05) is 91.0 Å². The number of carboxylic acids is 1. The Hall–Kier alpha value is -6.62. The number of nitrogens with zero attached hydrogens (tertiary/aromatic N) is 1. The van der Waals surface area contributed by atoms with Crippen LogP contribution >= 0.6 is 0 Å². The van der Waals surface area contributed by atoms with Gasteiger partial charge in [-0.25, -0.2) is 4.79 Å². The van der Waals surface area contributed by atoms with Crippen molar-refractivity contribution in [1.29, 1.82) is 0 Å². The zero-order chi connectivity index (χ0) is 80.0. The summed E-state index contributed by atoms with van der Waals surface area (Å²) in [7, 11) is 3.17. The van der Waals surface area contributed by atoms with Gasteiger partial charge >= 0.3 is 17.6 Å². The summed E-state index contributed by atoms with van der Waals surface area (Å²) in [6, 6.07) is 28.1. The van der Waals surface area contributed by atoms with Crippen LogP contribution in [0.4, 0.5) is 0 Å². The Morgan fingerprint density at radius 2 is 0.848 bits per heavy atom. The van der Waals surface area contributed by atoms with Crippen molar-refractivity contribution in [3.8, 4) is 28.7 Å². The molecule has 1 aromatic heterocycles. The molecule has 1 saturated heterocycles. The molecule has 0 aliphatic carbocycles. The van der Waals surface area contributed by atoms with Crippen molar-refractivity contribution in [1.82, 2.24) is 9.55 Å². The van der Waals surface area contributed by atoms with Crippen molar-refractivity contribution in [2.45, 2.75) is 379 Å². The molecular formula is C96H150N2O14. The SMILES string of the molecule is CCCCCCCCCCCCCCCCCCOc1cc(CC(CC(=O)O)C(=O)O[C@]2(O)C[C@H](n3cc(C)c(=O)[nH]c3=O)O[C@@H]2COC(c2ccccc2)(c2ccc(OC)cc2)c2ccc(OC)cc2)cc(OCCCCCCCCCCCCCCCCCC)c1OCCCCCCCCCCCCCCCCCC. The highest BCUT2D eigenvalue weighted by Gasteiger charge is 2.54. The van der Waals surface area contributed by atoms with Crippen LogP contribution in [0.3, 0.4) is 0 Å².